The van der Waals surface area contributed by atoms with Crippen molar-refractivity contribution in [3.8, 4) is 0 Å². The van der Waals surface area contributed by atoms with Crippen LogP contribution in [0.5, 0.6) is 0 Å². The predicted octanol–water partition coefficient (Wildman–Crippen LogP) is 2.51. The zero-order valence-electron chi connectivity index (χ0n) is 9.10. The van der Waals surface area contributed by atoms with Crippen LogP contribution in [0.1, 0.15) is 29.0 Å². The van der Waals surface area contributed by atoms with E-state index in [1.807, 2.05) is 43.3 Å². The average Bonchev–Trinajstić information content (AvgIpc) is 2.83. The SMILES string of the molecule is C[C@H](NC(=O)c1ccc[nH]1)c1ccccc1. The third-order valence-electron chi connectivity index (χ3n) is 2.49. The van der Waals surface area contributed by atoms with E-state index in [0.29, 0.717) is 5.69 Å². The van der Waals surface area contributed by atoms with E-state index in [1.54, 1.807) is 12.3 Å². The summed E-state index contributed by atoms with van der Waals surface area (Å²) in [7, 11) is 0. The van der Waals surface area contributed by atoms with Crippen LogP contribution in [-0.4, -0.2) is 10.9 Å². The van der Waals surface area contributed by atoms with Gasteiger partial charge in [0, 0.05) is 6.20 Å². The van der Waals surface area contributed by atoms with Crippen LogP contribution < -0.4 is 5.32 Å². The zero-order valence-corrected chi connectivity index (χ0v) is 9.10. The van der Waals surface area contributed by atoms with E-state index in [1.165, 1.54) is 0 Å². The van der Waals surface area contributed by atoms with E-state index in [4.69, 9.17) is 0 Å². The molecular formula is C13H14N2O. The molecule has 2 rings (SSSR count). The minimum Gasteiger partial charge on any atom is -0.357 e. The van der Waals surface area contributed by atoms with Gasteiger partial charge < -0.3 is 10.3 Å². The lowest BCUT2D eigenvalue weighted by Gasteiger charge is -2.13. The zero-order chi connectivity index (χ0) is 11.4. The number of aromatic amines is 1. The highest BCUT2D eigenvalue weighted by Crippen LogP contribution is 2.11. The summed E-state index contributed by atoms with van der Waals surface area (Å²) in [6.07, 6.45) is 1.74. The van der Waals surface area contributed by atoms with E-state index < -0.39 is 0 Å². The largest absolute Gasteiger partial charge is 0.357 e. The Hall–Kier alpha value is -2.03. The molecule has 0 aliphatic rings. The second-order valence-corrected chi connectivity index (χ2v) is 3.69. The summed E-state index contributed by atoms with van der Waals surface area (Å²) in [5, 5.41) is 2.93. The van der Waals surface area contributed by atoms with Crippen molar-refractivity contribution in [2.24, 2.45) is 0 Å². The van der Waals surface area contributed by atoms with Gasteiger partial charge in [0.05, 0.1) is 6.04 Å². The van der Waals surface area contributed by atoms with Gasteiger partial charge in [-0.2, -0.15) is 0 Å². The number of aromatic nitrogens is 1. The van der Waals surface area contributed by atoms with Gasteiger partial charge >= 0.3 is 0 Å². The van der Waals surface area contributed by atoms with Crippen molar-refractivity contribution in [1.29, 1.82) is 0 Å². The first kappa shape index (κ1) is 10.5. The van der Waals surface area contributed by atoms with Crippen molar-refractivity contribution in [1.82, 2.24) is 10.3 Å². The van der Waals surface area contributed by atoms with Gasteiger partial charge in [0.1, 0.15) is 5.69 Å². The van der Waals surface area contributed by atoms with Gasteiger partial charge in [0.25, 0.3) is 5.91 Å². The number of H-pyrrole nitrogens is 1. The predicted molar refractivity (Wildman–Crippen MR) is 63.1 cm³/mol. The first-order valence-corrected chi connectivity index (χ1v) is 5.26. The second-order valence-electron chi connectivity index (χ2n) is 3.69. The molecule has 0 saturated carbocycles. The molecule has 0 bridgehead atoms. The van der Waals surface area contributed by atoms with Crippen molar-refractivity contribution in [3.05, 3.63) is 59.9 Å². The Morgan fingerprint density at radius 1 is 1.19 bits per heavy atom. The van der Waals surface area contributed by atoms with Crippen LogP contribution in [0.4, 0.5) is 0 Å². The summed E-state index contributed by atoms with van der Waals surface area (Å²) in [4.78, 5) is 14.6. The van der Waals surface area contributed by atoms with Crippen LogP contribution in [0, 0.1) is 0 Å². The quantitative estimate of drug-likeness (QED) is 0.810. The van der Waals surface area contributed by atoms with Crippen LogP contribution >= 0.6 is 0 Å². The van der Waals surface area contributed by atoms with E-state index in [2.05, 4.69) is 10.3 Å². The Balaban J connectivity index is 2.03. The smallest absolute Gasteiger partial charge is 0.268 e. The number of rotatable bonds is 3. The first-order valence-electron chi connectivity index (χ1n) is 5.26. The van der Waals surface area contributed by atoms with Crippen molar-refractivity contribution in [2.45, 2.75) is 13.0 Å². The Morgan fingerprint density at radius 3 is 2.56 bits per heavy atom. The average molecular weight is 214 g/mol. The first-order chi connectivity index (χ1) is 7.77. The van der Waals surface area contributed by atoms with Gasteiger partial charge in [-0.15, -0.1) is 0 Å². The highest BCUT2D eigenvalue weighted by Gasteiger charge is 2.10. The number of carbonyl (C=O) groups excluding carboxylic acids is 1. The Bertz CT molecular complexity index is 448. The molecular weight excluding hydrogens is 200 g/mol. The number of hydrogen-bond acceptors (Lipinski definition) is 1. The van der Waals surface area contributed by atoms with Gasteiger partial charge in [-0.1, -0.05) is 30.3 Å². The summed E-state index contributed by atoms with van der Waals surface area (Å²) >= 11 is 0. The fourth-order valence-electron chi connectivity index (χ4n) is 1.57. The molecule has 0 spiro atoms. The standard InChI is InChI=1S/C13H14N2O/c1-10(11-6-3-2-4-7-11)15-13(16)12-8-5-9-14-12/h2-10,14H,1H3,(H,15,16)/t10-/m0/s1. The molecule has 0 aliphatic carbocycles. The summed E-state index contributed by atoms with van der Waals surface area (Å²) in [6, 6.07) is 13.5. The lowest BCUT2D eigenvalue weighted by Crippen LogP contribution is -2.26. The molecule has 2 N–H and O–H groups in total. The maximum absolute atomic E-state index is 11.7. The molecule has 3 heteroatoms. The van der Waals surface area contributed by atoms with E-state index in [-0.39, 0.29) is 11.9 Å². The topological polar surface area (TPSA) is 44.9 Å². The summed E-state index contributed by atoms with van der Waals surface area (Å²) < 4.78 is 0. The van der Waals surface area contributed by atoms with Crippen molar-refractivity contribution in [2.75, 3.05) is 0 Å². The number of carbonyl (C=O) groups is 1. The second kappa shape index (κ2) is 4.66. The van der Waals surface area contributed by atoms with Crippen LogP contribution in [0.2, 0.25) is 0 Å². The van der Waals surface area contributed by atoms with E-state index >= 15 is 0 Å². The Morgan fingerprint density at radius 2 is 1.94 bits per heavy atom. The van der Waals surface area contributed by atoms with Crippen molar-refractivity contribution >= 4 is 5.91 Å². The molecule has 16 heavy (non-hydrogen) atoms. The molecule has 0 radical (unpaired) electrons. The molecule has 3 nitrogen and oxygen atoms in total. The Labute approximate surface area is 94.5 Å². The molecule has 1 heterocycles. The minimum atomic E-state index is -0.0821. The van der Waals surface area contributed by atoms with Gasteiger partial charge in [-0.25, -0.2) is 0 Å². The van der Waals surface area contributed by atoms with Crippen LogP contribution in [0.3, 0.4) is 0 Å². The van der Waals surface area contributed by atoms with Crippen molar-refractivity contribution < 1.29 is 4.79 Å². The fourth-order valence-corrected chi connectivity index (χ4v) is 1.57. The summed E-state index contributed by atoms with van der Waals surface area (Å²) in [5.41, 5.74) is 1.69. The normalized spacial score (nSPS) is 12.1. The maximum Gasteiger partial charge on any atom is 0.268 e. The highest BCUT2D eigenvalue weighted by atomic mass is 16.1. The Kier molecular flexibility index (Phi) is 3.05. The molecule has 82 valence electrons. The van der Waals surface area contributed by atoms with Crippen LogP contribution in [-0.2, 0) is 0 Å². The van der Waals surface area contributed by atoms with E-state index in [0.717, 1.165) is 5.56 Å². The van der Waals surface area contributed by atoms with Gasteiger partial charge in [0.15, 0.2) is 0 Å². The molecule has 1 atom stereocenters. The summed E-state index contributed by atoms with van der Waals surface area (Å²) in [6.45, 7) is 1.97. The molecule has 0 fully saturated rings. The molecule has 1 aromatic carbocycles. The third-order valence-corrected chi connectivity index (χ3v) is 2.49. The van der Waals surface area contributed by atoms with Gasteiger partial charge in [0.2, 0.25) is 0 Å². The molecule has 0 saturated heterocycles. The molecule has 1 amide bonds. The lowest BCUT2D eigenvalue weighted by atomic mass is 10.1. The number of benzene rings is 1. The monoisotopic (exact) mass is 214 g/mol. The lowest BCUT2D eigenvalue weighted by molar-refractivity contribution is 0.0935. The van der Waals surface area contributed by atoms with Crippen LogP contribution in [0.25, 0.3) is 0 Å². The number of hydrogen-bond donors (Lipinski definition) is 2. The maximum atomic E-state index is 11.7. The van der Waals surface area contributed by atoms with Gasteiger partial charge in [-0.3, -0.25) is 4.79 Å². The van der Waals surface area contributed by atoms with E-state index in [9.17, 15) is 4.79 Å². The van der Waals surface area contributed by atoms with Gasteiger partial charge in [-0.05, 0) is 24.6 Å². The molecule has 0 aliphatic heterocycles. The fraction of sp³-hybridized carbons (Fsp3) is 0.154. The number of amides is 1. The molecule has 1 aromatic heterocycles. The van der Waals surface area contributed by atoms with Crippen LogP contribution in [0.15, 0.2) is 48.7 Å². The number of nitrogens with one attached hydrogen (secondary N) is 2. The molecule has 0 unspecified atom stereocenters. The minimum absolute atomic E-state index is 0.0111. The summed E-state index contributed by atoms with van der Waals surface area (Å²) in [5.74, 6) is -0.0821. The van der Waals surface area contributed by atoms with Crippen molar-refractivity contribution in [3.63, 3.8) is 0 Å². The molecule has 2 aromatic rings. The third kappa shape index (κ3) is 2.31. The highest BCUT2D eigenvalue weighted by molar-refractivity contribution is 5.92.